The number of phenols is 1. The Morgan fingerprint density at radius 1 is 1.21 bits per heavy atom. The van der Waals surface area contributed by atoms with Crippen LogP contribution in [0.5, 0.6) is 5.75 Å². The fourth-order valence-corrected chi connectivity index (χ4v) is 3.06. The van der Waals surface area contributed by atoms with E-state index in [4.69, 9.17) is 10.5 Å². The average molecular weight is 401 g/mol. The zero-order valence-corrected chi connectivity index (χ0v) is 15.0. The number of nitrogens with one attached hydrogen (secondary N) is 1. The van der Waals surface area contributed by atoms with E-state index in [2.05, 4.69) is 25.5 Å². The topological polar surface area (TPSA) is 184 Å². The molecule has 12 nitrogen and oxygen atoms in total. The Balaban J connectivity index is 1.71. The Morgan fingerprint density at radius 3 is 2.66 bits per heavy atom. The third kappa shape index (κ3) is 3.45. The third-order valence-electron chi connectivity index (χ3n) is 4.55. The van der Waals surface area contributed by atoms with E-state index in [9.17, 15) is 20.4 Å². The number of anilines is 2. The van der Waals surface area contributed by atoms with Gasteiger partial charge in [-0.3, -0.25) is 4.57 Å². The van der Waals surface area contributed by atoms with Gasteiger partial charge in [0.15, 0.2) is 23.2 Å². The Kier molecular flexibility index (Phi) is 4.98. The van der Waals surface area contributed by atoms with Crippen molar-refractivity contribution >= 4 is 29.1 Å². The Morgan fingerprint density at radius 2 is 1.97 bits per heavy atom. The summed E-state index contributed by atoms with van der Waals surface area (Å²) in [5.41, 5.74) is 9.84. The molecule has 0 saturated carbocycles. The van der Waals surface area contributed by atoms with Crippen molar-refractivity contribution in [2.24, 2.45) is 5.10 Å². The number of imidazole rings is 1. The van der Waals surface area contributed by atoms with Crippen LogP contribution in [0.4, 0.5) is 11.8 Å². The first-order valence-corrected chi connectivity index (χ1v) is 8.68. The molecule has 12 heteroatoms. The van der Waals surface area contributed by atoms with Crippen LogP contribution in [0.2, 0.25) is 0 Å². The van der Waals surface area contributed by atoms with Crippen LogP contribution in [0.25, 0.3) is 11.2 Å². The molecule has 1 aliphatic heterocycles. The highest BCUT2D eigenvalue weighted by molar-refractivity contribution is 5.84. The van der Waals surface area contributed by atoms with E-state index in [0.29, 0.717) is 5.56 Å². The molecule has 1 fully saturated rings. The number of ether oxygens (including phenoxy) is 1. The fraction of sp³-hybridized carbons (Fsp3) is 0.294. The van der Waals surface area contributed by atoms with E-state index in [1.165, 1.54) is 29.2 Å². The van der Waals surface area contributed by atoms with E-state index in [-0.39, 0.29) is 28.7 Å². The summed E-state index contributed by atoms with van der Waals surface area (Å²) in [6.07, 6.45) is -1.97. The molecule has 0 radical (unpaired) electrons. The van der Waals surface area contributed by atoms with Crippen LogP contribution in [0.3, 0.4) is 0 Å². The maximum absolute atomic E-state index is 10.4. The summed E-state index contributed by atoms with van der Waals surface area (Å²) >= 11 is 0. The lowest BCUT2D eigenvalue weighted by atomic mass is 10.1. The van der Waals surface area contributed by atoms with Crippen molar-refractivity contribution < 1.29 is 25.2 Å². The monoisotopic (exact) mass is 401 g/mol. The minimum Gasteiger partial charge on any atom is -0.508 e. The normalized spacial score (nSPS) is 24.5. The van der Waals surface area contributed by atoms with Crippen LogP contribution in [0, 0.1) is 0 Å². The number of hydrogen-bond acceptors (Lipinski definition) is 11. The van der Waals surface area contributed by atoms with Gasteiger partial charge in [0.05, 0.1) is 12.8 Å². The van der Waals surface area contributed by atoms with Crippen LogP contribution in [-0.2, 0) is 4.74 Å². The van der Waals surface area contributed by atoms with Gasteiger partial charge in [0.25, 0.3) is 0 Å². The summed E-state index contributed by atoms with van der Waals surface area (Å²) in [5, 5.41) is 43.3. The lowest BCUT2D eigenvalue weighted by molar-refractivity contribution is -0.0501. The molecular formula is C17H19N7O5. The zero-order valence-electron chi connectivity index (χ0n) is 15.0. The van der Waals surface area contributed by atoms with Gasteiger partial charge in [0.1, 0.15) is 30.4 Å². The maximum atomic E-state index is 10.4. The van der Waals surface area contributed by atoms with E-state index in [1.54, 1.807) is 12.1 Å². The molecule has 3 aromatic rings. The molecule has 4 atom stereocenters. The van der Waals surface area contributed by atoms with Gasteiger partial charge < -0.3 is 30.9 Å². The molecule has 1 saturated heterocycles. The molecule has 0 aliphatic carbocycles. The number of phenolic OH excluding ortho intramolecular Hbond substituents is 1. The van der Waals surface area contributed by atoms with Crippen LogP contribution in [0.15, 0.2) is 35.7 Å². The number of nitrogens with two attached hydrogens (primary N) is 1. The molecular weight excluding hydrogens is 382 g/mol. The number of aliphatic hydroxyl groups excluding tert-OH is 3. The molecule has 1 aliphatic rings. The van der Waals surface area contributed by atoms with Crippen molar-refractivity contribution in [1.29, 1.82) is 0 Å². The number of aliphatic hydroxyl groups is 3. The largest absolute Gasteiger partial charge is 0.508 e. The van der Waals surface area contributed by atoms with Gasteiger partial charge >= 0.3 is 0 Å². The molecule has 4 rings (SSSR count). The van der Waals surface area contributed by atoms with Crippen molar-refractivity contribution in [3.05, 3.63) is 36.2 Å². The number of fused-ring (bicyclic) bond motifs is 1. The standard InChI is InChI=1S/C17H19N7O5/c18-14-11-15(20-7-19-14)24(16-13(28)12(27)10(6-25)29-16)17(22-11)23-21-5-8-1-3-9(26)4-2-8/h1-5,7,10,12-13,16,25-28H,6H2,(H,22,23)(H2,18,19,20)/b21-5+/t10-,12-,13-,16-/m0/s1. The number of benzene rings is 1. The fourth-order valence-electron chi connectivity index (χ4n) is 3.06. The SMILES string of the molecule is Nc1ncnc2c1nc(N/N=C/c1ccc(O)cc1)n2[C@H]1O[C@@H](CO)[C@H](O)[C@@H]1O. The second-order valence-corrected chi connectivity index (χ2v) is 6.43. The van der Waals surface area contributed by atoms with Crippen LogP contribution in [-0.4, -0.2) is 71.1 Å². The Hall–Kier alpha value is -3.32. The number of nitrogens with zero attached hydrogens (tertiary/aromatic N) is 5. The number of aromatic nitrogens is 4. The predicted octanol–water partition coefficient (Wildman–Crippen LogP) is -0.828. The van der Waals surface area contributed by atoms with Crippen LogP contribution >= 0.6 is 0 Å². The van der Waals surface area contributed by atoms with Gasteiger partial charge in [-0.2, -0.15) is 5.10 Å². The molecule has 0 bridgehead atoms. The highest BCUT2D eigenvalue weighted by Crippen LogP contribution is 2.35. The number of hydrogen-bond donors (Lipinski definition) is 6. The quantitative estimate of drug-likeness (QED) is 0.233. The Labute approximate surface area is 163 Å². The highest BCUT2D eigenvalue weighted by atomic mass is 16.6. The molecule has 7 N–H and O–H groups in total. The van der Waals surface area contributed by atoms with E-state index >= 15 is 0 Å². The van der Waals surface area contributed by atoms with Crippen molar-refractivity contribution in [3.8, 4) is 5.75 Å². The van der Waals surface area contributed by atoms with Gasteiger partial charge in [-0.05, 0) is 29.8 Å². The first kappa shape index (κ1) is 19.0. The summed E-state index contributed by atoms with van der Waals surface area (Å²) in [4.78, 5) is 12.4. The van der Waals surface area contributed by atoms with Gasteiger partial charge in [0, 0.05) is 0 Å². The van der Waals surface area contributed by atoms with E-state index < -0.39 is 31.1 Å². The maximum Gasteiger partial charge on any atom is 0.228 e. The van der Waals surface area contributed by atoms with Crippen LogP contribution in [0.1, 0.15) is 11.8 Å². The second-order valence-electron chi connectivity index (χ2n) is 6.43. The smallest absolute Gasteiger partial charge is 0.228 e. The Bertz CT molecular complexity index is 1040. The molecule has 3 heterocycles. The first-order valence-electron chi connectivity index (χ1n) is 8.68. The average Bonchev–Trinajstić information content (AvgIpc) is 3.22. The lowest BCUT2D eigenvalue weighted by Gasteiger charge is -2.18. The van der Waals surface area contributed by atoms with Crippen molar-refractivity contribution in [2.45, 2.75) is 24.5 Å². The first-order chi connectivity index (χ1) is 14.0. The van der Waals surface area contributed by atoms with E-state index in [1.807, 2.05) is 0 Å². The summed E-state index contributed by atoms with van der Waals surface area (Å²) < 4.78 is 6.99. The molecule has 1 aromatic carbocycles. The van der Waals surface area contributed by atoms with Crippen molar-refractivity contribution in [1.82, 2.24) is 19.5 Å². The highest BCUT2D eigenvalue weighted by Gasteiger charge is 2.45. The number of aromatic hydroxyl groups is 1. The second kappa shape index (κ2) is 7.60. The van der Waals surface area contributed by atoms with Gasteiger partial charge in [0.2, 0.25) is 5.95 Å². The number of rotatable bonds is 5. The molecule has 0 amide bonds. The molecule has 29 heavy (non-hydrogen) atoms. The van der Waals surface area contributed by atoms with Crippen molar-refractivity contribution in [2.75, 3.05) is 17.8 Å². The summed E-state index contributed by atoms with van der Waals surface area (Å²) in [6, 6.07) is 6.37. The summed E-state index contributed by atoms with van der Waals surface area (Å²) in [5.74, 6) is 0.387. The minimum atomic E-state index is -1.35. The molecule has 152 valence electrons. The van der Waals surface area contributed by atoms with Gasteiger partial charge in [-0.15, -0.1) is 0 Å². The summed E-state index contributed by atoms with van der Waals surface area (Å²) in [7, 11) is 0. The molecule has 2 aromatic heterocycles. The third-order valence-corrected chi connectivity index (χ3v) is 4.55. The van der Waals surface area contributed by atoms with Gasteiger partial charge in [-0.1, -0.05) is 0 Å². The lowest BCUT2D eigenvalue weighted by Crippen LogP contribution is -2.33. The molecule has 0 unspecified atom stereocenters. The van der Waals surface area contributed by atoms with Gasteiger partial charge in [-0.25, -0.2) is 20.4 Å². The minimum absolute atomic E-state index is 0.117. The summed E-state index contributed by atoms with van der Waals surface area (Å²) in [6.45, 7) is -0.472. The molecule has 0 spiro atoms. The number of nitrogen functional groups attached to an aromatic ring is 1. The number of hydrazone groups is 1. The van der Waals surface area contributed by atoms with Crippen molar-refractivity contribution in [3.63, 3.8) is 0 Å². The van der Waals surface area contributed by atoms with E-state index in [0.717, 1.165) is 0 Å². The zero-order chi connectivity index (χ0) is 20.5. The predicted molar refractivity (Wildman–Crippen MR) is 102 cm³/mol. The van der Waals surface area contributed by atoms with Crippen LogP contribution < -0.4 is 11.2 Å².